The lowest BCUT2D eigenvalue weighted by atomic mass is 10.1. The number of imidazole rings is 4. The van der Waals surface area contributed by atoms with Crippen LogP contribution in [0.3, 0.4) is 0 Å². The van der Waals surface area contributed by atoms with Gasteiger partial charge in [-0.05, 0) is 198 Å². The standard InChI is InChI=1S/2C22H23ClN6O.C21H21ClN6O.C21H20N4O2S.C20H19ClN6O/c1-13-8-27(9-14(2)24-13)17-4-5-20-26-19(7-21(30)29(20)12-17)16-6-18(23)22-25-15(3)10-28(22)11-16;1-15-12-28-13-16(10-18(23)22(28)24-15)19-11-21(30)29-14-17(4-5-20(29)25-19)27-7-3-6-26(2)8-9-27;1-13-9-26(6-5-23-13)16-3-4-19-25-18(8-20(29)28(19)12-16)15-7-17(22)21-24-14(2)10-27(21)11-15;1-13-23-17-4-2-14(10-19(17)28-13)18-11-21(26)25-12-16(3-5-20(25)24-18)27-15-6-8-22-9-7-15;1-13-10-26-11-14(8-16(21)20(26)23-13)17-9-19(28)27-12-15(2-3-18(27)24-17)25-6-4-22-5-7-25/h4-7,10-14,24H,8-9H2,1-3H3;4-5,10-14H,3,6-9H2,1-2H3;3-4,7-8,10-13,23H,5-6,9H2,1-2H3;2-5,10-12,15,22H,6-9H2,1H3;2-3,8-12,22H,4-7H2,1H3/t13-,14+;;13-;;/m..1../s1. The predicted molar refractivity (Wildman–Crippen MR) is 576 cm³/mol. The number of pyridine rings is 9. The minimum absolute atomic E-state index is 0.109. The molecule has 1 aromatic carbocycles. The SMILES string of the molecule is Cc1cn2cc(-c3cc(=O)n4cc(N5CCCN(C)CC5)ccc4n3)cc(Cl)c2n1.Cc1cn2cc(-c3cc(=O)n4cc(N5CCNCC5)ccc4n3)cc(Cl)c2n1.Cc1cn2cc(-c3cc(=O)n4cc(N5CCN[C@H](C)C5)ccc4n3)cc(Cl)c2n1.Cc1cn2cc(-c3cc(=O)n4cc(N5C[C@@H](C)N[C@@H](C)C5)ccc4n3)cc(Cl)c2n1.Cc1nc2ccc(-c3cc(=O)n4cc(OC5CCNCC5)ccc4n3)cc2s1. The van der Waals surface area contributed by atoms with E-state index in [-0.39, 0.29) is 33.9 Å². The van der Waals surface area contributed by atoms with Crippen LogP contribution in [0.25, 0.3) is 117 Å². The number of aryl methyl sites for hydroxylation is 5. The number of piperazine rings is 3. The molecular formula is C106H106Cl4N28O6S. The second-order valence-corrected chi connectivity index (χ2v) is 40.6. The summed E-state index contributed by atoms with van der Waals surface area (Å²) in [5.74, 6) is 0.706. The summed E-state index contributed by atoms with van der Waals surface area (Å²) in [6, 6.07) is 41.7. The highest BCUT2D eigenvalue weighted by Gasteiger charge is 2.26. The van der Waals surface area contributed by atoms with Crippen LogP contribution < -0.4 is 73.4 Å². The van der Waals surface area contributed by atoms with E-state index in [4.69, 9.17) is 66.1 Å². The molecule has 24 heterocycles. The molecule has 5 aliphatic heterocycles. The number of fused-ring (bicyclic) bond motifs is 10. The van der Waals surface area contributed by atoms with Crippen molar-refractivity contribution in [1.29, 1.82) is 0 Å². The quantitative estimate of drug-likeness (QED) is 0.0934. The topological polar surface area (TPSA) is 327 Å². The third-order valence-corrected chi connectivity index (χ3v) is 28.5. The van der Waals surface area contributed by atoms with Gasteiger partial charge in [-0.2, -0.15) is 0 Å². The number of anilines is 4. The van der Waals surface area contributed by atoms with Crippen LogP contribution in [0, 0.1) is 34.6 Å². The maximum atomic E-state index is 12.9. The average molecular weight is 2040 g/mol. The maximum Gasteiger partial charge on any atom is 0.258 e. The van der Waals surface area contributed by atoms with Crippen molar-refractivity contribution in [3.8, 4) is 62.0 Å². The van der Waals surface area contributed by atoms with E-state index in [0.29, 0.717) is 123 Å². The van der Waals surface area contributed by atoms with Gasteiger partial charge in [0.2, 0.25) is 0 Å². The molecule has 20 aromatic rings. The first-order chi connectivity index (χ1) is 70.1. The number of aromatic nitrogens is 19. The van der Waals surface area contributed by atoms with Gasteiger partial charge in [0.15, 0.2) is 22.6 Å². The molecule has 4 N–H and O–H groups in total. The van der Waals surface area contributed by atoms with Gasteiger partial charge in [0.25, 0.3) is 27.8 Å². The van der Waals surface area contributed by atoms with Crippen molar-refractivity contribution >= 4 is 142 Å². The summed E-state index contributed by atoms with van der Waals surface area (Å²) in [5, 5.41) is 16.8. The highest BCUT2D eigenvalue weighted by Crippen LogP contribution is 2.34. The Morgan fingerprint density at radius 1 is 0.338 bits per heavy atom. The Morgan fingerprint density at radius 2 is 0.703 bits per heavy atom. The highest BCUT2D eigenvalue weighted by atomic mass is 35.5. The third-order valence-electron chi connectivity index (χ3n) is 26.5. The molecule has 0 aliphatic carbocycles. The second kappa shape index (κ2) is 41.0. The number of nitrogens with one attached hydrogen (secondary N) is 4. The highest BCUT2D eigenvalue weighted by molar-refractivity contribution is 7.18. The molecule has 19 aromatic heterocycles. The lowest BCUT2D eigenvalue weighted by Crippen LogP contribution is -2.54. The van der Waals surface area contributed by atoms with Crippen molar-refractivity contribution in [1.82, 2.24) is 116 Å². The van der Waals surface area contributed by atoms with Crippen LogP contribution in [0.2, 0.25) is 20.1 Å². The maximum absolute atomic E-state index is 12.9. The molecule has 3 atom stereocenters. The van der Waals surface area contributed by atoms with Crippen LogP contribution in [-0.4, -0.2) is 224 Å². The molecule has 0 amide bonds. The first kappa shape index (κ1) is 96.7. The van der Waals surface area contributed by atoms with E-state index < -0.39 is 0 Å². The monoisotopic (exact) mass is 2040 g/mol. The molecule has 34 nitrogen and oxygen atoms in total. The zero-order valence-electron chi connectivity index (χ0n) is 81.3. The Hall–Kier alpha value is -14.4. The van der Waals surface area contributed by atoms with Crippen molar-refractivity contribution < 1.29 is 4.74 Å². The summed E-state index contributed by atoms with van der Waals surface area (Å²) >= 11 is 27.2. The molecule has 0 spiro atoms. The van der Waals surface area contributed by atoms with E-state index in [1.54, 1.807) is 88.1 Å². The van der Waals surface area contributed by atoms with Crippen molar-refractivity contribution in [3.05, 3.63) is 314 Å². The van der Waals surface area contributed by atoms with Crippen LogP contribution in [0.15, 0.2) is 238 Å². The summed E-state index contributed by atoms with van der Waals surface area (Å²) in [4.78, 5) is 121. The zero-order valence-corrected chi connectivity index (χ0v) is 85.2. The molecule has 145 heavy (non-hydrogen) atoms. The molecule has 5 fully saturated rings. The molecule has 740 valence electrons. The van der Waals surface area contributed by atoms with Gasteiger partial charge in [-0.3, -0.25) is 46.0 Å². The van der Waals surface area contributed by atoms with Crippen LogP contribution in [0.1, 0.15) is 67.8 Å². The number of benzene rings is 1. The number of hydrogen-bond acceptors (Lipinski definition) is 26. The van der Waals surface area contributed by atoms with Crippen LogP contribution >= 0.6 is 57.7 Å². The van der Waals surface area contributed by atoms with Crippen molar-refractivity contribution in [2.24, 2.45) is 0 Å². The van der Waals surface area contributed by atoms with Crippen LogP contribution in [-0.2, 0) is 0 Å². The molecule has 0 bridgehead atoms. The number of ether oxygens (including phenoxy) is 1. The van der Waals surface area contributed by atoms with Crippen molar-refractivity contribution in [3.63, 3.8) is 0 Å². The number of likely N-dealkylation sites (N-methyl/N-ethyl adjacent to an activating group) is 1. The van der Waals surface area contributed by atoms with Crippen molar-refractivity contribution in [2.45, 2.75) is 98.9 Å². The van der Waals surface area contributed by atoms with Crippen LogP contribution in [0.4, 0.5) is 22.7 Å². The van der Waals surface area contributed by atoms with Gasteiger partial charge in [0.05, 0.1) is 116 Å². The van der Waals surface area contributed by atoms with E-state index in [2.05, 4.69) is 108 Å². The lowest BCUT2D eigenvalue weighted by Gasteiger charge is -2.37. The lowest BCUT2D eigenvalue weighted by molar-refractivity contribution is 0.162. The largest absolute Gasteiger partial charge is 0.489 e. The average Bonchev–Trinajstić information content (AvgIpc) is 1.76. The van der Waals surface area contributed by atoms with E-state index in [1.807, 2.05) is 212 Å². The van der Waals surface area contributed by atoms with Gasteiger partial charge in [-0.15, -0.1) is 11.3 Å². The Kier molecular flexibility index (Phi) is 27.4. The molecule has 0 saturated carbocycles. The fourth-order valence-electron chi connectivity index (χ4n) is 19.5. The van der Waals surface area contributed by atoms with E-state index in [0.717, 1.165) is 206 Å². The summed E-state index contributed by atoms with van der Waals surface area (Å²) in [6.07, 6.45) is 27.7. The predicted octanol–water partition coefficient (Wildman–Crippen LogP) is 14.8. The molecule has 39 heteroatoms. The molecule has 25 rings (SSSR count). The van der Waals surface area contributed by atoms with E-state index in [9.17, 15) is 24.0 Å². The first-order valence-electron chi connectivity index (χ1n) is 48.5. The summed E-state index contributed by atoms with van der Waals surface area (Å²) in [5.41, 5.74) is 21.0. The second-order valence-electron chi connectivity index (χ2n) is 37.8. The third kappa shape index (κ3) is 21.1. The van der Waals surface area contributed by atoms with E-state index in [1.165, 1.54) is 0 Å². The molecular weight excluding hydrogens is 1940 g/mol. The summed E-state index contributed by atoms with van der Waals surface area (Å²) in [6.45, 7) is 30.5. The van der Waals surface area contributed by atoms with Gasteiger partial charge in [-0.25, -0.2) is 49.8 Å². The zero-order chi connectivity index (χ0) is 100. The number of halogens is 4. The first-order valence-corrected chi connectivity index (χ1v) is 50.8. The molecule has 0 radical (unpaired) electrons. The Balaban J connectivity index is 0.000000107. The fourth-order valence-corrected chi connectivity index (χ4v) is 21.4. The van der Waals surface area contributed by atoms with Crippen molar-refractivity contribution in [2.75, 3.05) is 125 Å². The van der Waals surface area contributed by atoms with E-state index >= 15 is 0 Å². The van der Waals surface area contributed by atoms with Gasteiger partial charge in [0.1, 0.15) is 40.1 Å². The smallest absolute Gasteiger partial charge is 0.258 e. The minimum Gasteiger partial charge on any atom is -0.489 e. The fraction of sp³-hybridized carbons (Fsp3) is 0.292. The number of rotatable bonds is 11. The number of nitrogens with zero attached hydrogens (tertiary/aromatic N) is 24. The van der Waals surface area contributed by atoms with Crippen LogP contribution in [0.5, 0.6) is 5.75 Å². The number of thiazole rings is 1. The summed E-state index contributed by atoms with van der Waals surface area (Å²) < 4.78 is 22.6. The van der Waals surface area contributed by atoms with Gasteiger partial charge in [0, 0.05) is 229 Å². The minimum atomic E-state index is -0.119. The van der Waals surface area contributed by atoms with Gasteiger partial charge >= 0.3 is 0 Å². The van der Waals surface area contributed by atoms with Gasteiger partial charge in [-0.1, -0.05) is 52.5 Å². The Morgan fingerprint density at radius 3 is 1.12 bits per heavy atom. The number of piperidine rings is 1. The number of hydrogen-bond donors (Lipinski definition) is 4. The Bertz CT molecular complexity index is 8730. The molecule has 5 saturated heterocycles. The van der Waals surface area contributed by atoms with Gasteiger partial charge < -0.3 is 68.1 Å². The Labute approximate surface area is 855 Å². The summed E-state index contributed by atoms with van der Waals surface area (Å²) in [7, 11) is 2.15. The normalized spacial score (nSPS) is 16.6. The molecule has 0 unspecified atom stereocenters. The molecule has 5 aliphatic rings.